The molecule has 0 aromatic carbocycles. The van der Waals surface area contributed by atoms with Crippen LogP contribution in [0.15, 0.2) is 5.16 Å². The molecule has 2 atom stereocenters. The highest BCUT2D eigenvalue weighted by Gasteiger charge is 2.26. The van der Waals surface area contributed by atoms with Crippen LogP contribution in [0.3, 0.4) is 0 Å². The smallest absolute Gasteiger partial charge is 0.222 e. The Kier molecular flexibility index (Phi) is 5.81. The van der Waals surface area contributed by atoms with Gasteiger partial charge in [-0.05, 0) is 26.2 Å². The van der Waals surface area contributed by atoms with Crippen LogP contribution in [0, 0.1) is 0 Å². The van der Waals surface area contributed by atoms with E-state index in [2.05, 4.69) is 10.1 Å². The number of ether oxygens (including phenoxy) is 1. The zero-order chi connectivity index (χ0) is 15.2. The van der Waals surface area contributed by atoms with Crippen molar-refractivity contribution in [2.45, 2.75) is 44.8 Å². The molecular weight excluding hydrogens is 272 g/mol. The van der Waals surface area contributed by atoms with Crippen LogP contribution in [0.25, 0.3) is 0 Å². The van der Waals surface area contributed by atoms with E-state index in [1.165, 1.54) is 0 Å². The van der Waals surface area contributed by atoms with E-state index >= 15 is 0 Å². The first kappa shape index (κ1) is 16.0. The molecule has 2 saturated heterocycles. The van der Waals surface area contributed by atoms with Crippen LogP contribution in [0.4, 0.5) is 0 Å². The zero-order valence-electron chi connectivity index (χ0n) is 12.7. The monoisotopic (exact) mass is 298 g/mol. The van der Waals surface area contributed by atoms with Crippen LogP contribution in [-0.4, -0.2) is 71.7 Å². The maximum Gasteiger partial charge on any atom is 0.222 e. The average Bonchev–Trinajstić information content (AvgIpc) is 3.04. The molecule has 2 fully saturated rings. The van der Waals surface area contributed by atoms with E-state index in [0.29, 0.717) is 19.5 Å². The molecule has 2 aliphatic rings. The number of oxime groups is 1. The lowest BCUT2D eigenvalue weighted by molar-refractivity contribution is -0.133. The zero-order valence-corrected chi connectivity index (χ0v) is 12.7. The van der Waals surface area contributed by atoms with Gasteiger partial charge in [-0.25, -0.2) is 0 Å². The highest BCUT2D eigenvalue weighted by atomic mass is 16.5. The van der Waals surface area contributed by atoms with Gasteiger partial charge in [0.05, 0.1) is 12.1 Å². The van der Waals surface area contributed by atoms with Gasteiger partial charge in [0.2, 0.25) is 5.91 Å². The van der Waals surface area contributed by atoms with Crippen LogP contribution in [0.5, 0.6) is 0 Å². The molecule has 0 radical (unpaired) electrons. The second kappa shape index (κ2) is 7.61. The van der Waals surface area contributed by atoms with Crippen LogP contribution in [0.1, 0.15) is 32.6 Å². The first-order valence-electron chi connectivity index (χ1n) is 7.72. The van der Waals surface area contributed by atoms with Crippen molar-refractivity contribution in [1.29, 1.82) is 0 Å². The Labute approximate surface area is 125 Å². The molecule has 7 nitrogen and oxygen atoms in total. The molecule has 0 aromatic rings. The van der Waals surface area contributed by atoms with Crippen LogP contribution >= 0.6 is 0 Å². The van der Waals surface area contributed by atoms with Crippen molar-refractivity contribution in [1.82, 2.24) is 9.80 Å². The Morgan fingerprint density at radius 1 is 1.43 bits per heavy atom. The highest BCUT2D eigenvalue weighted by molar-refractivity contribution is 5.84. The van der Waals surface area contributed by atoms with Crippen LogP contribution in [-0.2, 0) is 9.53 Å². The number of rotatable bonds is 5. The molecule has 3 N–H and O–H groups in total. The van der Waals surface area contributed by atoms with E-state index in [1.807, 2.05) is 11.8 Å². The van der Waals surface area contributed by atoms with E-state index in [4.69, 9.17) is 15.7 Å². The molecule has 2 unspecified atom stereocenters. The first-order chi connectivity index (χ1) is 10.1. The summed E-state index contributed by atoms with van der Waals surface area (Å²) in [5.41, 5.74) is 5.62. The molecule has 2 aliphatic heterocycles. The molecule has 120 valence electrons. The van der Waals surface area contributed by atoms with Gasteiger partial charge < -0.3 is 20.6 Å². The van der Waals surface area contributed by atoms with E-state index in [1.54, 1.807) is 0 Å². The minimum atomic E-state index is -0.0980. The number of carbonyl (C=O) groups excluding carboxylic acids is 1. The van der Waals surface area contributed by atoms with Crippen molar-refractivity contribution in [3.8, 4) is 0 Å². The molecule has 21 heavy (non-hydrogen) atoms. The summed E-state index contributed by atoms with van der Waals surface area (Å²) in [6.45, 7) is 5.65. The number of carbonyl (C=O) groups is 1. The maximum atomic E-state index is 12.2. The topological polar surface area (TPSA) is 91.4 Å². The Morgan fingerprint density at radius 2 is 2.14 bits per heavy atom. The number of hydrogen-bond donors (Lipinski definition) is 2. The fourth-order valence-electron chi connectivity index (χ4n) is 2.94. The Balaban J connectivity index is 1.71. The third-order valence-corrected chi connectivity index (χ3v) is 4.46. The van der Waals surface area contributed by atoms with E-state index < -0.39 is 0 Å². The van der Waals surface area contributed by atoms with Gasteiger partial charge in [0.25, 0.3) is 0 Å². The number of nitrogens with two attached hydrogens (primary N) is 1. The fraction of sp³-hybridized carbons (Fsp3) is 0.857. The van der Waals surface area contributed by atoms with Crippen LogP contribution in [0.2, 0.25) is 0 Å². The fourth-order valence-corrected chi connectivity index (χ4v) is 2.94. The predicted octanol–water partition coefficient (Wildman–Crippen LogP) is 0.225. The SMILES string of the molecule is CC(C(N)=NO)N1CCN(C(=O)CCC2CCCO2)CC1. The standard InChI is InChI=1S/C14H26N4O3/c1-11(14(15)16-20)17-6-8-18(9-7-17)13(19)5-4-12-3-2-10-21-12/h11-12,20H,2-10H2,1H3,(H2,15,16). The number of hydrogen-bond acceptors (Lipinski definition) is 5. The molecule has 2 rings (SSSR count). The maximum absolute atomic E-state index is 12.2. The second-order valence-electron chi connectivity index (χ2n) is 5.79. The Bertz CT molecular complexity index is 374. The highest BCUT2D eigenvalue weighted by Crippen LogP contribution is 2.18. The Hall–Kier alpha value is -1.34. The number of amidine groups is 1. The molecule has 0 aromatic heterocycles. The van der Waals surface area contributed by atoms with E-state index in [0.717, 1.165) is 39.0 Å². The van der Waals surface area contributed by atoms with Crippen molar-refractivity contribution < 1.29 is 14.7 Å². The van der Waals surface area contributed by atoms with Crippen molar-refractivity contribution in [2.75, 3.05) is 32.8 Å². The van der Waals surface area contributed by atoms with Crippen molar-refractivity contribution in [2.24, 2.45) is 10.9 Å². The minimum Gasteiger partial charge on any atom is -0.409 e. The van der Waals surface area contributed by atoms with Crippen molar-refractivity contribution >= 4 is 11.7 Å². The van der Waals surface area contributed by atoms with E-state index in [-0.39, 0.29) is 23.9 Å². The third kappa shape index (κ3) is 4.31. The summed E-state index contributed by atoms with van der Waals surface area (Å²) in [6.07, 6.45) is 3.87. The summed E-state index contributed by atoms with van der Waals surface area (Å²) in [7, 11) is 0. The second-order valence-corrected chi connectivity index (χ2v) is 5.79. The lowest BCUT2D eigenvalue weighted by Gasteiger charge is -2.37. The van der Waals surface area contributed by atoms with Gasteiger partial charge >= 0.3 is 0 Å². The molecular formula is C14H26N4O3. The quantitative estimate of drug-likeness (QED) is 0.328. The number of nitrogens with zero attached hydrogens (tertiary/aromatic N) is 3. The molecule has 0 aliphatic carbocycles. The predicted molar refractivity (Wildman–Crippen MR) is 79.2 cm³/mol. The molecule has 7 heteroatoms. The van der Waals surface area contributed by atoms with E-state index in [9.17, 15) is 4.79 Å². The van der Waals surface area contributed by atoms with Crippen molar-refractivity contribution in [3.63, 3.8) is 0 Å². The Morgan fingerprint density at radius 3 is 2.71 bits per heavy atom. The largest absolute Gasteiger partial charge is 0.409 e. The summed E-state index contributed by atoms with van der Waals surface area (Å²) in [5, 5.41) is 11.8. The molecule has 2 heterocycles. The van der Waals surface area contributed by atoms with Gasteiger partial charge in [-0.3, -0.25) is 9.69 Å². The van der Waals surface area contributed by atoms with Gasteiger partial charge in [-0.1, -0.05) is 5.16 Å². The van der Waals surface area contributed by atoms with Gasteiger partial charge in [-0.15, -0.1) is 0 Å². The molecule has 1 amide bonds. The summed E-state index contributed by atoms with van der Waals surface area (Å²) in [6, 6.07) is -0.0980. The molecule has 0 saturated carbocycles. The third-order valence-electron chi connectivity index (χ3n) is 4.46. The normalized spacial score (nSPS) is 26.0. The molecule has 0 spiro atoms. The summed E-state index contributed by atoms with van der Waals surface area (Å²) in [4.78, 5) is 16.2. The first-order valence-corrected chi connectivity index (χ1v) is 7.72. The molecule has 0 bridgehead atoms. The van der Waals surface area contributed by atoms with Gasteiger partial charge in [0.15, 0.2) is 5.84 Å². The summed E-state index contributed by atoms with van der Waals surface area (Å²) < 4.78 is 5.55. The van der Waals surface area contributed by atoms with Gasteiger partial charge in [0, 0.05) is 39.2 Å². The van der Waals surface area contributed by atoms with Gasteiger partial charge in [-0.2, -0.15) is 0 Å². The van der Waals surface area contributed by atoms with Gasteiger partial charge in [0.1, 0.15) is 0 Å². The number of piperazine rings is 1. The number of amides is 1. The lowest BCUT2D eigenvalue weighted by atomic mass is 10.1. The summed E-state index contributed by atoms with van der Waals surface area (Å²) >= 11 is 0. The van der Waals surface area contributed by atoms with Crippen LogP contribution < -0.4 is 5.73 Å². The summed E-state index contributed by atoms with van der Waals surface area (Å²) in [5.74, 6) is 0.426. The lowest BCUT2D eigenvalue weighted by Crippen LogP contribution is -2.54. The minimum absolute atomic E-state index is 0.0980. The average molecular weight is 298 g/mol. The van der Waals surface area contributed by atoms with Crippen molar-refractivity contribution in [3.05, 3.63) is 0 Å².